The monoisotopic (exact) mass is 279 g/mol. The van der Waals surface area contributed by atoms with Crippen molar-refractivity contribution < 1.29 is 19.2 Å². The highest BCUT2D eigenvalue weighted by molar-refractivity contribution is 6.04. The summed E-state index contributed by atoms with van der Waals surface area (Å²) in [6.07, 6.45) is 2.00. The van der Waals surface area contributed by atoms with Gasteiger partial charge in [0, 0.05) is 25.2 Å². The number of hydrogen-bond acceptors (Lipinski definition) is 4. The number of ketones is 2. The molecule has 1 saturated heterocycles. The summed E-state index contributed by atoms with van der Waals surface area (Å²) in [7, 11) is 0. The number of rotatable bonds is 3. The fourth-order valence-electron chi connectivity index (χ4n) is 3.39. The molecule has 5 nitrogen and oxygen atoms in total. The topological polar surface area (TPSA) is 80.3 Å². The molecule has 2 fully saturated rings. The molecule has 1 N–H and O–H groups in total. The molecular formula is C15H21NO4. The van der Waals surface area contributed by atoms with E-state index in [2.05, 4.69) is 12.2 Å². The predicted octanol–water partition coefficient (Wildman–Crippen LogP) is 1.25. The minimum atomic E-state index is -0.533. The highest BCUT2D eigenvalue weighted by Crippen LogP contribution is 2.32. The van der Waals surface area contributed by atoms with E-state index >= 15 is 0 Å². The Balaban J connectivity index is 1.98. The number of nitrogens with one attached hydrogen (secondary N) is 1. The van der Waals surface area contributed by atoms with Crippen molar-refractivity contribution in [2.45, 2.75) is 46.0 Å². The summed E-state index contributed by atoms with van der Waals surface area (Å²) in [6.45, 7) is 3.93. The first-order valence-corrected chi connectivity index (χ1v) is 7.26. The minimum Gasteiger partial charge on any atom is -0.299 e. The van der Waals surface area contributed by atoms with Crippen LogP contribution in [-0.2, 0) is 19.2 Å². The van der Waals surface area contributed by atoms with Crippen LogP contribution < -0.4 is 5.32 Å². The molecule has 5 heteroatoms. The molecule has 0 aromatic heterocycles. The second-order valence-corrected chi connectivity index (χ2v) is 6.35. The van der Waals surface area contributed by atoms with Crippen molar-refractivity contribution >= 4 is 23.4 Å². The lowest BCUT2D eigenvalue weighted by Crippen LogP contribution is -2.41. The number of carbonyl (C=O) groups is 4. The Morgan fingerprint density at radius 2 is 1.70 bits per heavy atom. The molecule has 0 radical (unpaired) electrons. The molecule has 1 heterocycles. The zero-order chi connectivity index (χ0) is 14.9. The van der Waals surface area contributed by atoms with Gasteiger partial charge in [-0.1, -0.05) is 13.8 Å². The van der Waals surface area contributed by atoms with Crippen molar-refractivity contribution in [3.05, 3.63) is 0 Å². The first-order valence-electron chi connectivity index (χ1n) is 7.26. The standard InChI is InChI=1S/C15H21NO4/c1-8-3-9(2)15(20)11(4-8)12(17)5-10-6-13(18)16-14(19)7-10/h8-11H,3-7H2,1-2H3,(H,16,18,19)/t8?,9-,11?/m0/s1. The highest BCUT2D eigenvalue weighted by Gasteiger charge is 2.38. The van der Waals surface area contributed by atoms with E-state index in [0.29, 0.717) is 12.3 Å². The second-order valence-electron chi connectivity index (χ2n) is 6.35. The third-order valence-corrected chi connectivity index (χ3v) is 4.33. The maximum absolute atomic E-state index is 12.3. The van der Waals surface area contributed by atoms with Crippen molar-refractivity contribution in [1.82, 2.24) is 5.32 Å². The third-order valence-electron chi connectivity index (χ3n) is 4.33. The Hall–Kier alpha value is -1.52. The smallest absolute Gasteiger partial charge is 0.226 e. The lowest BCUT2D eigenvalue weighted by molar-refractivity contribution is -0.139. The molecule has 1 aliphatic heterocycles. The third kappa shape index (κ3) is 3.32. The molecule has 20 heavy (non-hydrogen) atoms. The predicted molar refractivity (Wildman–Crippen MR) is 71.6 cm³/mol. The van der Waals surface area contributed by atoms with Crippen LogP contribution in [0.4, 0.5) is 0 Å². The number of amides is 2. The van der Waals surface area contributed by atoms with Crippen molar-refractivity contribution in [3.63, 3.8) is 0 Å². The molecular weight excluding hydrogens is 258 g/mol. The zero-order valence-corrected chi connectivity index (χ0v) is 12.0. The van der Waals surface area contributed by atoms with Gasteiger partial charge in [0.25, 0.3) is 0 Å². The van der Waals surface area contributed by atoms with E-state index < -0.39 is 5.92 Å². The maximum Gasteiger partial charge on any atom is 0.226 e. The molecule has 0 spiro atoms. The van der Waals surface area contributed by atoms with Gasteiger partial charge in [-0.2, -0.15) is 0 Å². The van der Waals surface area contributed by atoms with Crippen LogP contribution in [0.2, 0.25) is 0 Å². The van der Waals surface area contributed by atoms with Gasteiger partial charge in [-0.05, 0) is 24.7 Å². The molecule has 2 aliphatic rings. The molecule has 2 amide bonds. The van der Waals surface area contributed by atoms with Gasteiger partial charge < -0.3 is 0 Å². The van der Waals surface area contributed by atoms with Gasteiger partial charge in [0.05, 0.1) is 5.92 Å². The van der Waals surface area contributed by atoms with E-state index in [9.17, 15) is 19.2 Å². The Kier molecular flexibility index (Phi) is 4.35. The minimum absolute atomic E-state index is 0.0275. The molecule has 1 aliphatic carbocycles. The van der Waals surface area contributed by atoms with Crippen molar-refractivity contribution in [3.8, 4) is 0 Å². The maximum atomic E-state index is 12.3. The average molecular weight is 279 g/mol. The van der Waals surface area contributed by atoms with Crippen molar-refractivity contribution in [2.75, 3.05) is 0 Å². The summed E-state index contributed by atoms with van der Waals surface area (Å²) in [5.41, 5.74) is 0. The van der Waals surface area contributed by atoms with Crippen LogP contribution in [-0.4, -0.2) is 23.4 Å². The van der Waals surface area contributed by atoms with Crippen molar-refractivity contribution in [2.24, 2.45) is 23.7 Å². The molecule has 1 saturated carbocycles. The number of imide groups is 1. The van der Waals surface area contributed by atoms with Crippen LogP contribution in [0.3, 0.4) is 0 Å². The van der Waals surface area contributed by atoms with E-state index in [1.807, 2.05) is 6.92 Å². The lowest BCUT2D eigenvalue weighted by Gasteiger charge is -2.30. The molecule has 2 rings (SSSR count). The van der Waals surface area contributed by atoms with Crippen LogP contribution in [0.5, 0.6) is 0 Å². The highest BCUT2D eigenvalue weighted by atomic mass is 16.2. The summed E-state index contributed by atoms with van der Waals surface area (Å²) in [5.74, 6) is -1.19. The first kappa shape index (κ1) is 14.9. The summed E-state index contributed by atoms with van der Waals surface area (Å²) in [4.78, 5) is 47.0. The van der Waals surface area contributed by atoms with E-state index in [4.69, 9.17) is 0 Å². The van der Waals surface area contributed by atoms with Gasteiger partial charge >= 0.3 is 0 Å². The summed E-state index contributed by atoms with van der Waals surface area (Å²) < 4.78 is 0. The summed E-state index contributed by atoms with van der Waals surface area (Å²) in [6, 6.07) is 0. The zero-order valence-electron chi connectivity index (χ0n) is 12.0. The van der Waals surface area contributed by atoms with Crippen LogP contribution in [0.1, 0.15) is 46.0 Å². The molecule has 110 valence electrons. The number of hydrogen-bond donors (Lipinski definition) is 1. The van der Waals surface area contributed by atoms with E-state index in [1.54, 1.807) is 0 Å². The normalized spacial score (nSPS) is 32.1. The number of Topliss-reactive ketones (excluding diaryl/α,β-unsaturated/α-hetero) is 2. The van der Waals surface area contributed by atoms with Gasteiger partial charge in [0.15, 0.2) is 0 Å². The van der Waals surface area contributed by atoms with E-state index in [-0.39, 0.29) is 54.5 Å². The van der Waals surface area contributed by atoms with Gasteiger partial charge in [-0.3, -0.25) is 24.5 Å². The summed E-state index contributed by atoms with van der Waals surface area (Å²) in [5, 5.41) is 2.23. The Labute approximate surface area is 118 Å². The number of carbonyl (C=O) groups excluding carboxylic acids is 4. The Bertz CT molecular complexity index is 441. The Morgan fingerprint density at radius 3 is 2.30 bits per heavy atom. The van der Waals surface area contributed by atoms with Crippen LogP contribution in [0, 0.1) is 23.7 Å². The van der Waals surface area contributed by atoms with Gasteiger partial charge in [0.2, 0.25) is 11.8 Å². The fraction of sp³-hybridized carbons (Fsp3) is 0.733. The largest absolute Gasteiger partial charge is 0.299 e. The molecule has 3 atom stereocenters. The fourth-order valence-corrected chi connectivity index (χ4v) is 3.39. The summed E-state index contributed by atoms with van der Waals surface area (Å²) >= 11 is 0. The SMILES string of the molecule is CC1CC(C(=O)CC2CC(=O)NC(=O)C2)C(=O)[C@@H](C)C1. The van der Waals surface area contributed by atoms with Crippen molar-refractivity contribution in [1.29, 1.82) is 0 Å². The lowest BCUT2D eigenvalue weighted by atomic mass is 9.72. The van der Waals surface area contributed by atoms with Gasteiger partial charge in [-0.15, -0.1) is 0 Å². The number of piperidine rings is 1. The quantitative estimate of drug-likeness (QED) is 0.623. The molecule has 0 bridgehead atoms. The molecule has 0 aromatic rings. The van der Waals surface area contributed by atoms with E-state index in [0.717, 1.165) is 6.42 Å². The first-order chi connectivity index (χ1) is 9.36. The van der Waals surface area contributed by atoms with Crippen LogP contribution in [0.15, 0.2) is 0 Å². The average Bonchev–Trinajstić information content (AvgIpc) is 2.32. The second kappa shape index (κ2) is 5.85. The van der Waals surface area contributed by atoms with Gasteiger partial charge in [0.1, 0.15) is 11.6 Å². The van der Waals surface area contributed by atoms with Crippen LogP contribution in [0.25, 0.3) is 0 Å². The van der Waals surface area contributed by atoms with Gasteiger partial charge in [-0.25, -0.2) is 0 Å². The van der Waals surface area contributed by atoms with E-state index in [1.165, 1.54) is 0 Å². The Morgan fingerprint density at radius 1 is 1.10 bits per heavy atom. The molecule has 0 aromatic carbocycles. The van der Waals surface area contributed by atoms with Crippen LogP contribution >= 0.6 is 0 Å². The molecule has 2 unspecified atom stereocenters.